The summed E-state index contributed by atoms with van der Waals surface area (Å²) in [5.41, 5.74) is 3.80. The van der Waals surface area contributed by atoms with Gasteiger partial charge in [0, 0.05) is 16.9 Å². The maximum atomic E-state index is 12.8. The van der Waals surface area contributed by atoms with E-state index in [1.807, 2.05) is 0 Å². The van der Waals surface area contributed by atoms with Crippen LogP contribution in [0, 0.1) is 0 Å². The fourth-order valence-corrected chi connectivity index (χ4v) is 1.43. The van der Waals surface area contributed by atoms with E-state index >= 15 is 0 Å². The van der Waals surface area contributed by atoms with Crippen molar-refractivity contribution >= 4 is 11.4 Å². The van der Waals surface area contributed by atoms with Gasteiger partial charge in [-0.15, -0.1) is 0 Å². The summed E-state index contributed by atoms with van der Waals surface area (Å²) in [7, 11) is 0. The van der Waals surface area contributed by atoms with E-state index in [0.29, 0.717) is 0 Å². The van der Waals surface area contributed by atoms with Gasteiger partial charge in [-0.2, -0.15) is 0 Å². The predicted molar refractivity (Wildman–Crippen MR) is 63.4 cm³/mol. The highest BCUT2D eigenvalue weighted by molar-refractivity contribution is 5.59. The van der Waals surface area contributed by atoms with Crippen molar-refractivity contribution in [1.82, 2.24) is 0 Å². The fraction of sp³-hybridized carbons (Fsp3) is 0.455. The number of aliphatic hydroxyl groups is 3. The molecule has 6 N–H and O–H groups in total. The standard InChI is InChI=1S/C11H16F2N2O3/c12-10(13)8-3-7(14)1-2-9(8)15-11(4-16,5-17)6-18/h1-3,10,15-18H,4-6,14H2. The molecule has 0 bridgehead atoms. The van der Waals surface area contributed by atoms with Crippen molar-refractivity contribution in [2.75, 3.05) is 30.9 Å². The third kappa shape index (κ3) is 3.06. The van der Waals surface area contributed by atoms with E-state index in [2.05, 4.69) is 5.32 Å². The van der Waals surface area contributed by atoms with Crippen LogP contribution in [0.4, 0.5) is 20.2 Å². The zero-order valence-corrected chi connectivity index (χ0v) is 9.61. The Balaban J connectivity index is 3.09. The van der Waals surface area contributed by atoms with Crippen molar-refractivity contribution < 1.29 is 24.1 Å². The van der Waals surface area contributed by atoms with Gasteiger partial charge < -0.3 is 26.4 Å². The van der Waals surface area contributed by atoms with Crippen molar-refractivity contribution in [3.8, 4) is 0 Å². The Kier molecular flexibility index (Phi) is 4.83. The van der Waals surface area contributed by atoms with E-state index in [9.17, 15) is 8.78 Å². The number of alkyl halides is 2. The van der Waals surface area contributed by atoms with Crippen LogP contribution in [-0.4, -0.2) is 40.7 Å². The maximum absolute atomic E-state index is 12.8. The van der Waals surface area contributed by atoms with Crippen molar-refractivity contribution in [2.45, 2.75) is 12.0 Å². The molecule has 1 aromatic carbocycles. The highest BCUT2D eigenvalue weighted by atomic mass is 19.3. The minimum absolute atomic E-state index is 0.0105. The summed E-state index contributed by atoms with van der Waals surface area (Å²) in [5, 5.41) is 29.9. The molecule has 5 nitrogen and oxygen atoms in total. The van der Waals surface area contributed by atoms with Crippen LogP contribution in [-0.2, 0) is 0 Å². The van der Waals surface area contributed by atoms with Crippen LogP contribution in [0.5, 0.6) is 0 Å². The van der Waals surface area contributed by atoms with Crippen LogP contribution in [0.15, 0.2) is 18.2 Å². The molecule has 0 unspecified atom stereocenters. The average molecular weight is 262 g/mol. The molecular weight excluding hydrogens is 246 g/mol. The van der Waals surface area contributed by atoms with E-state index in [-0.39, 0.29) is 16.9 Å². The number of nitrogens with two attached hydrogens (primary N) is 1. The summed E-state index contributed by atoms with van der Waals surface area (Å²) in [6, 6.07) is 3.82. The fourth-order valence-electron chi connectivity index (χ4n) is 1.43. The Morgan fingerprint density at radius 3 is 2.17 bits per heavy atom. The molecule has 0 aliphatic rings. The quantitative estimate of drug-likeness (QED) is 0.476. The first-order valence-electron chi connectivity index (χ1n) is 5.26. The van der Waals surface area contributed by atoms with Crippen molar-refractivity contribution in [3.05, 3.63) is 23.8 Å². The first-order valence-corrected chi connectivity index (χ1v) is 5.26. The molecule has 0 radical (unpaired) electrons. The van der Waals surface area contributed by atoms with Crippen LogP contribution >= 0.6 is 0 Å². The van der Waals surface area contributed by atoms with E-state index in [1.165, 1.54) is 12.1 Å². The lowest BCUT2D eigenvalue weighted by Gasteiger charge is -2.31. The first kappa shape index (κ1) is 14.6. The van der Waals surface area contributed by atoms with Crippen LogP contribution < -0.4 is 11.1 Å². The largest absolute Gasteiger partial charge is 0.399 e. The van der Waals surface area contributed by atoms with Gasteiger partial charge in [0.05, 0.1) is 19.8 Å². The number of halogens is 2. The third-order valence-electron chi connectivity index (χ3n) is 2.62. The molecule has 0 aromatic heterocycles. The van der Waals surface area contributed by atoms with Gasteiger partial charge in [-0.1, -0.05) is 0 Å². The zero-order valence-electron chi connectivity index (χ0n) is 9.61. The molecule has 102 valence electrons. The van der Waals surface area contributed by atoms with Crippen LogP contribution in [0.3, 0.4) is 0 Å². The van der Waals surface area contributed by atoms with Gasteiger partial charge in [-0.3, -0.25) is 0 Å². The Bertz CT molecular complexity index is 390. The number of hydrogen-bond acceptors (Lipinski definition) is 5. The van der Waals surface area contributed by atoms with Gasteiger partial charge in [-0.25, -0.2) is 8.78 Å². The van der Waals surface area contributed by atoms with Crippen LogP contribution in [0.2, 0.25) is 0 Å². The van der Waals surface area contributed by atoms with Crippen molar-refractivity contribution in [2.24, 2.45) is 0 Å². The van der Waals surface area contributed by atoms with Crippen LogP contribution in [0.1, 0.15) is 12.0 Å². The normalized spacial score (nSPS) is 11.9. The Morgan fingerprint density at radius 1 is 1.17 bits per heavy atom. The number of hydrogen-bond donors (Lipinski definition) is 5. The average Bonchev–Trinajstić information content (AvgIpc) is 2.37. The molecule has 7 heteroatoms. The molecule has 1 rings (SSSR count). The number of nitrogen functional groups attached to an aromatic ring is 1. The molecule has 0 heterocycles. The molecule has 0 aliphatic carbocycles. The molecule has 0 spiro atoms. The zero-order chi connectivity index (χ0) is 13.8. The van der Waals surface area contributed by atoms with Gasteiger partial charge in [0.1, 0.15) is 5.54 Å². The molecule has 1 aromatic rings. The lowest BCUT2D eigenvalue weighted by atomic mass is 10.0. The molecule has 0 amide bonds. The minimum atomic E-state index is -2.76. The van der Waals surface area contributed by atoms with E-state index in [0.717, 1.165) is 6.07 Å². The van der Waals surface area contributed by atoms with Crippen molar-refractivity contribution in [1.29, 1.82) is 0 Å². The second kappa shape index (κ2) is 5.94. The van der Waals surface area contributed by atoms with E-state index in [4.69, 9.17) is 21.1 Å². The molecule has 0 fully saturated rings. The lowest BCUT2D eigenvalue weighted by molar-refractivity contribution is 0.0827. The summed E-state index contributed by atoms with van der Waals surface area (Å²) in [4.78, 5) is 0. The second-order valence-corrected chi connectivity index (χ2v) is 4.03. The maximum Gasteiger partial charge on any atom is 0.265 e. The van der Waals surface area contributed by atoms with Crippen molar-refractivity contribution in [3.63, 3.8) is 0 Å². The summed E-state index contributed by atoms with van der Waals surface area (Å²) in [6.07, 6.45) is -2.76. The number of rotatable bonds is 6. The smallest absolute Gasteiger partial charge is 0.265 e. The topological polar surface area (TPSA) is 98.7 Å². The SMILES string of the molecule is Nc1ccc(NC(CO)(CO)CO)c(C(F)F)c1. The van der Waals surface area contributed by atoms with E-state index in [1.54, 1.807) is 0 Å². The number of aliphatic hydroxyl groups excluding tert-OH is 3. The van der Waals surface area contributed by atoms with Gasteiger partial charge in [0.2, 0.25) is 0 Å². The Morgan fingerprint density at radius 2 is 1.72 bits per heavy atom. The van der Waals surface area contributed by atoms with E-state index < -0.39 is 31.8 Å². The summed E-state index contributed by atoms with van der Waals surface area (Å²) in [5.74, 6) is 0. The lowest BCUT2D eigenvalue weighted by Crippen LogP contribution is -2.49. The molecule has 0 saturated carbocycles. The molecule has 0 aliphatic heterocycles. The summed E-state index contributed by atoms with van der Waals surface area (Å²) >= 11 is 0. The van der Waals surface area contributed by atoms with Crippen LogP contribution in [0.25, 0.3) is 0 Å². The molecule has 0 saturated heterocycles. The monoisotopic (exact) mass is 262 g/mol. The highest BCUT2D eigenvalue weighted by Crippen LogP contribution is 2.30. The van der Waals surface area contributed by atoms with Gasteiger partial charge in [0.25, 0.3) is 6.43 Å². The van der Waals surface area contributed by atoms with Gasteiger partial charge in [-0.05, 0) is 18.2 Å². The molecular formula is C11H16F2N2O3. The Hall–Kier alpha value is -1.44. The molecule has 0 atom stereocenters. The predicted octanol–water partition coefficient (Wildman–Crippen LogP) is 0.334. The van der Waals surface area contributed by atoms with Gasteiger partial charge in [0.15, 0.2) is 0 Å². The number of benzene rings is 1. The number of anilines is 2. The second-order valence-electron chi connectivity index (χ2n) is 4.03. The Labute approximate surface area is 103 Å². The molecule has 18 heavy (non-hydrogen) atoms. The number of nitrogens with one attached hydrogen (secondary N) is 1. The summed E-state index contributed by atoms with van der Waals surface area (Å²) in [6.45, 7) is -1.81. The highest BCUT2D eigenvalue weighted by Gasteiger charge is 2.29. The summed E-state index contributed by atoms with van der Waals surface area (Å²) < 4.78 is 25.6. The first-order chi connectivity index (χ1) is 8.48. The minimum Gasteiger partial charge on any atom is -0.399 e. The van der Waals surface area contributed by atoms with Gasteiger partial charge >= 0.3 is 0 Å². The third-order valence-corrected chi connectivity index (χ3v) is 2.62.